The number of fused-ring (bicyclic) bond motifs is 1. The van der Waals surface area contributed by atoms with Crippen LogP contribution in [0.15, 0.2) is 18.2 Å². The molecule has 0 saturated heterocycles. The maximum atomic E-state index is 5.40. The lowest BCUT2D eigenvalue weighted by atomic mass is 10.1. The summed E-state index contributed by atoms with van der Waals surface area (Å²) < 4.78 is 5.40. The van der Waals surface area contributed by atoms with Crippen molar-refractivity contribution in [1.82, 2.24) is 0 Å². The largest absolute Gasteiger partial charge is 0.494 e. The first-order valence-corrected chi connectivity index (χ1v) is 4.40. The monoisotopic (exact) mass is 163 g/mol. The minimum absolute atomic E-state index is 0.742. The molecule has 0 radical (unpaired) electrons. The molecule has 0 spiro atoms. The van der Waals surface area contributed by atoms with Crippen LogP contribution in [0.3, 0.4) is 0 Å². The quantitative estimate of drug-likeness (QED) is 0.720. The van der Waals surface area contributed by atoms with Crippen molar-refractivity contribution in [2.75, 3.05) is 18.5 Å². The average molecular weight is 163 g/mol. The molecule has 2 nitrogen and oxygen atoms in total. The van der Waals surface area contributed by atoms with E-state index < -0.39 is 0 Å². The summed E-state index contributed by atoms with van der Waals surface area (Å²) in [6.45, 7) is 3.81. The van der Waals surface area contributed by atoms with Crippen molar-refractivity contribution in [3.05, 3.63) is 23.8 Å². The second-order valence-electron chi connectivity index (χ2n) is 2.93. The van der Waals surface area contributed by atoms with Gasteiger partial charge in [-0.1, -0.05) is 0 Å². The Morgan fingerprint density at radius 2 is 2.42 bits per heavy atom. The minimum atomic E-state index is 0.742. The molecule has 0 saturated carbocycles. The van der Waals surface area contributed by atoms with Crippen LogP contribution in [0.25, 0.3) is 0 Å². The van der Waals surface area contributed by atoms with E-state index in [1.807, 2.05) is 13.0 Å². The number of hydrogen-bond donors (Lipinski definition) is 1. The van der Waals surface area contributed by atoms with Crippen molar-refractivity contribution < 1.29 is 4.74 Å². The van der Waals surface area contributed by atoms with E-state index in [-0.39, 0.29) is 0 Å². The topological polar surface area (TPSA) is 21.3 Å². The van der Waals surface area contributed by atoms with Crippen molar-refractivity contribution in [2.24, 2.45) is 0 Å². The first-order valence-electron chi connectivity index (χ1n) is 4.40. The average Bonchev–Trinajstić information content (AvgIpc) is 2.51. The van der Waals surface area contributed by atoms with Crippen molar-refractivity contribution in [3.63, 3.8) is 0 Å². The summed E-state index contributed by atoms with van der Waals surface area (Å²) in [5.41, 5.74) is 2.64. The summed E-state index contributed by atoms with van der Waals surface area (Å²) in [6.07, 6.45) is 1.12. The van der Waals surface area contributed by atoms with Gasteiger partial charge in [0, 0.05) is 12.2 Å². The van der Waals surface area contributed by atoms with Gasteiger partial charge in [-0.2, -0.15) is 0 Å². The van der Waals surface area contributed by atoms with Gasteiger partial charge in [0.05, 0.1) is 6.61 Å². The minimum Gasteiger partial charge on any atom is -0.494 e. The van der Waals surface area contributed by atoms with Crippen LogP contribution in [0.5, 0.6) is 5.75 Å². The van der Waals surface area contributed by atoms with Crippen LogP contribution >= 0.6 is 0 Å². The highest BCUT2D eigenvalue weighted by atomic mass is 16.5. The van der Waals surface area contributed by atoms with E-state index in [1.165, 1.54) is 11.3 Å². The highest BCUT2D eigenvalue weighted by Crippen LogP contribution is 2.26. The lowest BCUT2D eigenvalue weighted by molar-refractivity contribution is 0.340. The van der Waals surface area contributed by atoms with E-state index >= 15 is 0 Å². The molecule has 12 heavy (non-hydrogen) atoms. The van der Waals surface area contributed by atoms with Crippen molar-refractivity contribution in [3.8, 4) is 5.75 Å². The molecule has 0 amide bonds. The van der Waals surface area contributed by atoms with E-state index in [2.05, 4.69) is 17.4 Å². The molecule has 0 fully saturated rings. The van der Waals surface area contributed by atoms with Crippen LogP contribution in [0.1, 0.15) is 12.5 Å². The number of ether oxygens (including phenoxy) is 1. The molecule has 2 rings (SSSR count). The van der Waals surface area contributed by atoms with Gasteiger partial charge in [-0.25, -0.2) is 0 Å². The number of anilines is 1. The molecule has 1 aromatic rings. The second-order valence-corrected chi connectivity index (χ2v) is 2.93. The lowest BCUT2D eigenvalue weighted by Gasteiger charge is -2.04. The van der Waals surface area contributed by atoms with Gasteiger partial charge in [-0.3, -0.25) is 0 Å². The fourth-order valence-corrected chi connectivity index (χ4v) is 1.54. The van der Waals surface area contributed by atoms with E-state index in [0.29, 0.717) is 0 Å². The third-order valence-electron chi connectivity index (χ3n) is 2.10. The van der Waals surface area contributed by atoms with Crippen molar-refractivity contribution in [1.29, 1.82) is 0 Å². The lowest BCUT2D eigenvalue weighted by Crippen LogP contribution is -1.92. The summed E-state index contributed by atoms with van der Waals surface area (Å²) in [4.78, 5) is 0. The number of benzene rings is 1. The Kier molecular flexibility index (Phi) is 1.90. The van der Waals surface area contributed by atoms with Gasteiger partial charge >= 0.3 is 0 Å². The molecule has 64 valence electrons. The van der Waals surface area contributed by atoms with E-state index in [4.69, 9.17) is 4.74 Å². The summed E-state index contributed by atoms with van der Waals surface area (Å²) in [5, 5.41) is 3.31. The SMILES string of the molecule is CCOc1ccc2c(c1)CCN2. The zero-order valence-electron chi connectivity index (χ0n) is 7.26. The van der Waals surface area contributed by atoms with Gasteiger partial charge < -0.3 is 10.1 Å². The normalized spacial score (nSPS) is 13.8. The summed E-state index contributed by atoms with van der Waals surface area (Å²) in [5.74, 6) is 0.986. The molecule has 1 aliphatic rings. The third kappa shape index (κ3) is 1.24. The molecule has 0 aromatic heterocycles. The number of hydrogen-bond acceptors (Lipinski definition) is 2. The van der Waals surface area contributed by atoms with Crippen molar-refractivity contribution >= 4 is 5.69 Å². The molecule has 0 unspecified atom stereocenters. The van der Waals surface area contributed by atoms with Crippen LogP contribution in [-0.2, 0) is 6.42 Å². The predicted octanol–water partition coefficient (Wildman–Crippen LogP) is 2.05. The Morgan fingerprint density at radius 3 is 3.25 bits per heavy atom. The molecule has 1 heterocycles. The third-order valence-corrected chi connectivity index (χ3v) is 2.10. The molecule has 0 bridgehead atoms. The molecule has 1 aliphatic heterocycles. The fraction of sp³-hybridized carbons (Fsp3) is 0.400. The van der Waals surface area contributed by atoms with Crippen LogP contribution in [-0.4, -0.2) is 13.2 Å². The molecular weight excluding hydrogens is 150 g/mol. The molecule has 1 aromatic carbocycles. The summed E-state index contributed by atoms with van der Waals surface area (Å²) in [6, 6.07) is 6.23. The molecule has 2 heteroatoms. The Balaban J connectivity index is 2.26. The molecule has 0 aliphatic carbocycles. The van der Waals surface area contributed by atoms with Crippen molar-refractivity contribution in [2.45, 2.75) is 13.3 Å². The van der Waals surface area contributed by atoms with E-state index in [0.717, 1.165) is 25.3 Å². The number of nitrogens with one attached hydrogen (secondary N) is 1. The van der Waals surface area contributed by atoms with E-state index in [9.17, 15) is 0 Å². The van der Waals surface area contributed by atoms with E-state index in [1.54, 1.807) is 0 Å². The number of rotatable bonds is 2. The molecular formula is C10H13NO. The Labute approximate surface area is 72.5 Å². The van der Waals surface area contributed by atoms with Gasteiger partial charge in [-0.05, 0) is 37.1 Å². The Morgan fingerprint density at radius 1 is 1.50 bits per heavy atom. The molecule has 0 atom stereocenters. The van der Waals surface area contributed by atoms with Crippen LogP contribution < -0.4 is 10.1 Å². The van der Waals surface area contributed by atoms with Gasteiger partial charge in [-0.15, -0.1) is 0 Å². The maximum Gasteiger partial charge on any atom is 0.119 e. The smallest absolute Gasteiger partial charge is 0.119 e. The summed E-state index contributed by atoms with van der Waals surface area (Å²) in [7, 11) is 0. The first-order chi connectivity index (χ1) is 5.90. The zero-order chi connectivity index (χ0) is 8.39. The van der Waals surface area contributed by atoms with Crippen LogP contribution in [0, 0.1) is 0 Å². The highest BCUT2D eigenvalue weighted by molar-refractivity contribution is 5.57. The molecule has 1 N–H and O–H groups in total. The second kappa shape index (κ2) is 3.05. The highest BCUT2D eigenvalue weighted by Gasteiger charge is 2.09. The van der Waals surface area contributed by atoms with Gasteiger partial charge in [0.25, 0.3) is 0 Å². The first kappa shape index (κ1) is 7.47. The summed E-state index contributed by atoms with van der Waals surface area (Å²) >= 11 is 0. The zero-order valence-corrected chi connectivity index (χ0v) is 7.26. The fourth-order valence-electron chi connectivity index (χ4n) is 1.54. The predicted molar refractivity (Wildman–Crippen MR) is 49.8 cm³/mol. The standard InChI is InChI=1S/C10H13NO/c1-2-12-9-3-4-10-8(7-9)5-6-11-10/h3-4,7,11H,2,5-6H2,1H3. The van der Waals surface area contributed by atoms with Gasteiger partial charge in [0.1, 0.15) is 5.75 Å². The Hall–Kier alpha value is -1.18. The van der Waals surface area contributed by atoms with Crippen LogP contribution in [0.4, 0.5) is 5.69 Å². The Bertz CT molecular complexity index is 283. The van der Waals surface area contributed by atoms with Gasteiger partial charge in [0.15, 0.2) is 0 Å². The van der Waals surface area contributed by atoms with Gasteiger partial charge in [0.2, 0.25) is 0 Å². The van der Waals surface area contributed by atoms with Crippen LogP contribution in [0.2, 0.25) is 0 Å². The maximum absolute atomic E-state index is 5.40.